The molecule has 4 saturated carbocycles. The van der Waals surface area contributed by atoms with E-state index in [9.17, 15) is 0 Å². The van der Waals surface area contributed by atoms with Gasteiger partial charge in [0, 0.05) is 27.3 Å². The van der Waals surface area contributed by atoms with Crippen LogP contribution in [0.4, 0.5) is 0 Å². The minimum absolute atomic E-state index is 0.110. The Labute approximate surface area is 338 Å². The average molecular weight is 794 g/mol. The maximum absolute atomic E-state index is 8.49. The van der Waals surface area contributed by atoms with Gasteiger partial charge in [0.1, 0.15) is 11.4 Å². The van der Waals surface area contributed by atoms with E-state index >= 15 is 0 Å². The van der Waals surface area contributed by atoms with Gasteiger partial charge in [-0.3, -0.25) is 0 Å². The molecule has 6 rings (SSSR count). The van der Waals surface area contributed by atoms with Gasteiger partial charge in [-0.05, 0) is 165 Å². The van der Waals surface area contributed by atoms with Crippen molar-refractivity contribution in [2.45, 2.75) is 191 Å². The Bertz CT molecular complexity index is 1290. The first-order valence-electron chi connectivity index (χ1n) is 23.6. The molecule has 53 heavy (non-hydrogen) atoms. The van der Waals surface area contributed by atoms with Gasteiger partial charge in [-0.2, -0.15) is 0 Å². The Morgan fingerprint density at radius 1 is 0.566 bits per heavy atom. The molecule has 1 aliphatic heterocycles. The van der Waals surface area contributed by atoms with Crippen molar-refractivity contribution < 1.29 is 4.74 Å². The van der Waals surface area contributed by atoms with Gasteiger partial charge in [-0.15, -0.1) is 0 Å². The van der Waals surface area contributed by atoms with E-state index in [4.69, 9.17) is 4.74 Å². The van der Waals surface area contributed by atoms with Crippen molar-refractivity contribution in [3.8, 4) is 5.75 Å². The molecule has 0 bridgehead atoms. The normalized spacial score (nSPS) is 42.6. The number of benzene rings is 1. The molecule has 302 valence electrons. The lowest BCUT2D eigenvalue weighted by Gasteiger charge is -2.66. The number of rotatable bonds is 9. The van der Waals surface area contributed by atoms with Crippen LogP contribution in [0.2, 0.25) is 0 Å². The summed E-state index contributed by atoms with van der Waals surface area (Å²) in [5.41, 5.74) is 3.11. The maximum Gasteiger partial charge on any atom is 0.127 e. The number of ether oxygens (including phenoxy) is 1. The van der Waals surface area contributed by atoms with Crippen LogP contribution < -0.4 is 4.74 Å². The lowest BCUT2D eigenvalue weighted by molar-refractivity contribution is -0.178. The standard InChI is InChI=1S/C51H85BrO/c1-14-38-27-39(52)28-48-49(38)53-51(46-25-36(12)17-21-42(46)32(6)7,47-26-37(13)18-22-43(47)33(8)9)29-50(48,44-23-34(10)15-19-40(44)30(2)3)45-24-35(11)16-20-41(45)31(4)5/h27-28,30-37,40-47H,14-26,29H2,1-13H3. The molecule has 2 heteroatoms. The van der Waals surface area contributed by atoms with Gasteiger partial charge in [-0.1, -0.05) is 132 Å². The highest BCUT2D eigenvalue weighted by molar-refractivity contribution is 9.10. The largest absolute Gasteiger partial charge is 0.486 e. The molecule has 1 aromatic carbocycles. The monoisotopic (exact) mass is 793 g/mol. The Morgan fingerprint density at radius 2 is 0.925 bits per heavy atom. The quantitative estimate of drug-likeness (QED) is 0.242. The zero-order valence-electron chi connectivity index (χ0n) is 37.1. The van der Waals surface area contributed by atoms with Gasteiger partial charge in [0.05, 0.1) is 0 Å². The Balaban J connectivity index is 1.76. The van der Waals surface area contributed by atoms with E-state index in [0.717, 1.165) is 53.8 Å². The summed E-state index contributed by atoms with van der Waals surface area (Å²) in [7, 11) is 0. The number of hydrogen-bond acceptors (Lipinski definition) is 1. The molecular formula is C51H85BrO. The highest BCUT2D eigenvalue weighted by atomic mass is 79.9. The second-order valence-electron chi connectivity index (χ2n) is 22.3. The molecule has 12 atom stereocenters. The van der Waals surface area contributed by atoms with E-state index in [0.29, 0.717) is 47.3 Å². The first-order valence-corrected chi connectivity index (χ1v) is 24.3. The van der Waals surface area contributed by atoms with Crippen LogP contribution in [0, 0.1) is 94.7 Å². The predicted octanol–water partition coefficient (Wildman–Crippen LogP) is 15.6. The van der Waals surface area contributed by atoms with Crippen LogP contribution in [-0.2, 0) is 11.8 Å². The van der Waals surface area contributed by atoms with Crippen molar-refractivity contribution in [1.82, 2.24) is 0 Å². The molecule has 0 amide bonds. The molecule has 12 unspecified atom stereocenters. The average Bonchev–Trinajstić information content (AvgIpc) is 3.10. The highest BCUT2D eigenvalue weighted by Gasteiger charge is 2.66. The molecular weight excluding hydrogens is 708 g/mol. The van der Waals surface area contributed by atoms with Crippen molar-refractivity contribution >= 4 is 15.9 Å². The van der Waals surface area contributed by atoms with Crippen LogP contribution in [0.5, 0.6) is 5.75 Å². The minimum Gasteiger partial charge on any atom is -0.486 e. The molecule has 0 spiro atoms. The molecule has 4 fully saturated rings. The lowest BCUT2D eigenvalue weighted by Crippen LogP contribution is -2.67. The predicted molar refractivity (Wildman–Crippen MR) is 233 cm³/mol. The third kappa shape index (κ3) is 7.89. The van der Waals surface area contributed by atoms with E-state index < -0.39 is 0 Å². The first kappa shape index (κ1) is 42.1. The van der Waals surface area contributed by atoms with Gasteiger partial charge >= 0.3 is 0 Å². The SMILES string of the molecule is CCc1cc(Br)cc2c1OC(C1CC(C)CCC1C(C)C)(C1CC(C)CCC1C(C)C)CC2(C1CC(C)CCC1C(C)C)C1CC(C)CCC1C(C)C. The molecule has 0 radical (unpaired) electrons. The summed E-state index contributed by atoms with van der Waals surface area (Å²) >= 11 is 4.19. The first-order chi connectivity index (χ1) is 25.0. The summed E-state index contributed by atoms with van der Waals surface area (Å²) < 4.78 is 9.79. The highest BCUT2D eigenvalue weighted by Crippen LogP contribution is 2.69. The fourth-order valence-electron chi connectivity index (χ4n) is 14.9. The van der Waals surface area contributed by atoms with E-state index in [1.54, 1.807) is 5.56 Å². The molecule has 1 nitrogen and oxygen atoms in total. The van der Waals surface area contributed by atoms with Gasteiger partial charge < -0.3 is 4.74 Å². The van der Waals surface area contributed by atoms with Crippen LogP contribution in [0.3, 0.4) is 0 Å². The zero-order chi connectivity index (χ0) is 38.6. The fourth-order valence-corrected chi connectivity index (χ4v) is 15.4. The summed E-state index contributed by atoms with van der Waals surface area (Å²) in [6.45, 7) is 33.6. The van der Waals surface area contributed by atoms with Crippen LogP contribution in [0.1, 0.15) is 185 Å². The number of hydrogen-bond donors (Lipinski definition) is 0. The van der Waals surface area contributed by atoms with E-state index in [-0.39, 0.29) is 11.0 Å². The third-order valence-corrected chi connectivity index (χ3v) is 18.0. The van der Waals surface area contributed by atoms with E-state index in [1.807, 2.05) is 0 Å². The van der Waals surface area contributed by atoms with E-state index in [2.05, 4.69) is 118 Å². The van der Waals surface area contributed by atoms with Gasteiger partial charge in [0.2, 0.25) is 0 Å². The van der Waals surface area contributed by atoms with Crippen molar-refractivity contribution in [2.75, 3.05) is 0 Å². The minimum atomic E-state index is -0.136. The fraction of sp³-hybridized carbons (Fsp3) is 0.882. The zero-order valence-corrected chi connectivity index (χ0v) is 38.7. The molecule has 5 aliphatic rings. The van der Waals surface area contributed by atoms with Gasteiger partial charge in [0.25, 0.3) is 0 Å². The smallest absolute Gasteiger partial charge is 0.127 e. The Kier molecular flexibility index (Phi) is 13.3. The second-order valence-corrected chi connectivity index (χ2v) is 23.2. The molecule has 0 N–H and O–H groups in total. The Hall–Kier alpha value is -0.500. The molecule has 0 saturated heterocycles. The Morgan fingerprint density at radius 3 is 1.28 bits per heavy atom. The summed E-state index contributed by atoms with van der Waals surface area (Å²) in [6, 6.07) is 5.15. The van der Waals surface area contributed by atoms with Crippen LogP contribution in [0.15, 0.2) is 16.6 Å². The van der Waals surface area contributed by atoms with Crippen molar-refractivity contribution in [3.05, 3.63) is 27.7 Å². The van der Waals surface area contributed by atoms with Crippen molar-refractivity contribution in [1.29, 1.82) is 0 Å². The van der Waals surface area contributed by atoms with E-state index in [1.165, 1.54) is 99.3 Å². The van der Waals surface area contributed by atoms with Crippen molar-refractivity contribution in [3.63, 3.8) is 0 Å². The molecule has 0 aromatic heterocycles. The second kappa shape index (κ2) is 16.8. The lowest BCUT2D eigenvalue weighted by atomic mass is 9.42. The molecule has 1 aromatic rings. The maximum atomic E-state index is 8.49. The van der Waals surface area contributed by atoms with Crippen LogP contribution in [0.25, 0.3) is 0 Å². The number of aryl methyl sites for hydroxylation is 1. The van der Waals surface area contributed by atoms with Crippen LogP contribution in [-0.4, -0.2) is 5.60 Å². The number of halogens is 1. The van der Waals surface area contributed by atoms with Gasteiger partial charge in [-0.25, -0.2) is 0 Å². The summed E-state index contributed by atoms with van der Waals surface area (Å²) in [5.74, 6) is 12.9. The summed E-state index contributed by atoms with van der Waals surface area (Å²) in [6.07, 6.45) is 19.0. The van der Waals surface area contributed by atoms with Gasteiger partial charge in [0.15, 0.2) is 0 Å². The topological polar surface area (TPSA) is 9.23 Å². The molecule has 1 heterocycles. The number of fused-ring (bicyclic) bond motifs is 1. The van der Waals surface area contributed by atoms with Crippen LogP contribution >= 0.6 is 15.9 Å². The third-order valence-electron chi connectivity index (χ3n) is 17.5. The molecule has 4 aliphatic carbocycles. The summed E-state index contributed by atoms with van der Waals surface area (Å²) in [4.78, 5) is 0. The van der Waals surface area contributed by atoms with Crippen molar-refractivity contribution in [2.24, 2.45) is 94.7 Å². The summed E-state index contributed by atoms with van der Waals surface area (Å²) in [5, 5.41) is 0.